The van der Waals surface area contributed by atoms with Gasteiger partial charge in [-0.25, -0.2) is 4.98 Å². The SMILES string of the molecule is CC(C)C(C)N(C)c1ccc(N)cn1. The van der Waals surface area contributed by atoms with Crippen molar-refractivity contribution in [1.82, 2.24) is 4.98 Å². The molecule has 0 amide bonds. The number of nitrogen functional groups attached to an aromatic ring is 1. The van der Waals surface area contributed by atoms with Crippen LogP contribution in [0.5, 0.6) is 0 Å². The third-order valence-corrected chi connectivity index (χ3v) is 2.71. The normalized spacial score (nSPS) is 12.9. The van der Waals surface area contributed by atoms with Crippen molar-refractivity contribution in [1.29, 1.82) is 0 Å². The van der Waals surface area contributed by atoms with Crippen LogP contribution in [0, 0.1) is 5.92 Å². The van der Waals surface area contributed by atoms with Crippen molar-refractivity contribution >= 4 is 11.5 Å². The molecule has 0 bridgehead atoms. The van der Waals surface area contributed by atoms with E-state index in [1.165, 1.54) is 0 Å². The zero-order valence-electron chi connectivity index (χ0n) is 9.36. The van der Waals surface area contributed by atoms with Crippen molar-refractivity contribution in [2.45, 2.75) is 26.8 Å². The van der Waals surface area contributed by atoms with E-state index in [9.17, 15) is 0 Å². The van der Waals surface area contributed by atoms with E-state index in [4.69, 9.17) is 5.73 Å². The van der Waals surface area contributed by atoms with E-state index in [1.54, 1.807) is 6.20 Å². The van der Waals surface area contributed by atoms with E-state index in [2.05, 4.69) is 37.7 Å². The molecule has 78 valence electrons. The van der Waals surface area contributed by atoms with Gasteiger partial charge in [0.1, 0.15) is 5.82 Å². The van der Waals surface area contributed by atoms with Crippen molar-refractivity contribution in [2.24, 2.45) is 5.92 Å². The Kier molecular flexibility index (Phi) is 3.33. The molecule has 1 atom stereocenters. The maximum Gasteiger partial charge on any atom is 0.128 e. The molecule has 3 nitrogen and oxygen atoms in total. The lowest BCUT2D eigenvalue weighted by Crippen LogP contribution is -2.33. The summed E-state index contributed by atoms with van der Waals surface area (Å²) < 4.78 is 0. The molecular formula is C11H19N3. The van der Waals surface area contributed by atoms with Gasteiger partial charge in [-0.2, -0.15) is 0 Å². The van der Waals surface area contributed by atoms with Crippen LogP contribution < -0.4 is 10.6 Å². The van der Waals surface area contributed by atoms with Gasteiger partial charge in [-0.05, 0) is 25.0 Å². The van der Waals surface area contributed by atoms with Crippen LogP contribution in [-0.4, -0.2) is 18.1 Å². The minimum atomic E-state index is 0.478. The number of nitrogens with two attached hydrogens (primary N) is 1. The number of hydrogen-bond acceptors (Lipinski definition) is 3. The van der Waals surface area contributed by atoms with Crippen molar-refractivity contribution in [3.63, 3.8) is 0 Å². The lowest BCUT2D eigenvalue weighted by Gasteiger charge is -2.28. The molecule has 2 N–H and O–H groups in total. The largest absolute Gasteiger partial charge is 0.397 e. The lowest BCUT2D eigenvalue weighted by molar-refractivity contribution is 0.503. The molecule has 1 rings (SSSR count). The fourth-order valence-corrected chi connectivity index (χ4v) is 1.26. The number of hydrogen-bond donors (Lipinski definition) is 1. The first-order chi connectivity index (χ1) is 6.52. The predicted molar refractivity (Wildman–Crippen MR) is 61.4 cm³/mol. The minimum absolute atomic E-state index is 0.478. The number of pyridine rings is 1. The molecule has 1 heterocycles. The zero-order valence-corrected chi connectivity index (χ0v) is 9.36. The molecule has 0 fully saturated rings. The van der Waals surface area contributed by atoms with E-state index in [0.717, 1.165) is 5.82 Å². The summed E-state index contributed by atoms with van der Waals surface area (Å²) in [4.78, 5) is 6.45. The average molecular weight is 193 g/mol. The molecule has 0 spiro atoms. The molecule has 0 aliphatic rings. The van der Waals surface area contributed by atoms with Crippen LogP contribution in [0.2, 0.25) is 0 Å². The van der Waals surface area contributed by atoms with Gasteiger partial charge in [-0.1, -0.05) is 13.8 Å². The van der Waals surface area contributed by atoms with E-state index < -0.39 is 0 Å². The third-order valence-electron chi connectivity index (χ3n) is 2.71. The topological polar surface area (TPSA) is 42.1 Å². The third kappa shape index (κ3) is 2.37. The second-order valence-corrected chi connectivity index (χ2v) is 4.05. The van der Waals surface area contributed by atoms with Crippen molar-refractivity contribution < 1.29 is 0 Å². The second kappa shape index (κ2) is 4.31. The Hall–Kier alpha value is -1.25. The fraction of sp³-hybridized carbons (Fsp3) is 0.545. The Balaban J connectivity index is 2.78. The van der Waals surface area contributed by atoms with Gasteiger partial charge in [-0.15, -0.1) is 0 Å². The molecule has 1 aromatic heterocycles. The molecule has 0 radical (unpaired) electrons. The van der Waals surface area contributed by atoms with Crippen molar-refractivity contribution in [2.75, 3.05) is 17.7 Å². The molecule has 1 unspecified atom stereocenters. The predicted octanol–water partition coefficient (Wildman–Crippen LogP) is 2.14. The Bertz CT molecular complexity index is 279. The molecule has 0 aliphatic heterocycles. The fourth-order valence-electron chi connectivity index (χ4n) is 1.26. The number of anilines is 2. The Labute approximate surface area is 85.9 Å². The highest BCUT2D eigenvalue weighted by Gasteiger charge is 2.13. The molecule has 0 saturated heterocycles. The highest BCUT2D eigenvalue weighted by Crippen LogP contribution is 2.17. The molecule has 14 heavy (non-hydrogen) atoms. The number of aromatic nitrogens is 1. The Morgan fingerprint density at radius 2 is 1.93 bits per heavy atom. The van der Waals surface area contributed by atoms with Gasteiger partial charge >= 0.3 is 0 Å². The number of nitrogens with zero attached hydrogens (tertiary/aromatic N) is 2. The van der Waals surface area contributed by atoms with Gasteiger partial charge in [0, 0.05) is 13.1 Å². The van der Waals surface area contributed by atoms with Crippen LogP contribution in [-0.2, 0) is 0 Å². The summed E-state index contributed by atoms with van der Waals surface area (Å²) in [5, 5.41) is 0. The second-order valence-electron chi connectivity index (χ2n) is 4.05. The van der Waals surface area contributed by atoms with Crippen LogP contribution in [0.4, 0.5) is 11.5 Å². The zero-order chi connectivity index (χ0) is 10.7. The summed E-state index contributed by atoms with van der Waals surface area (Å²) >= 11 is 0. The van der Waals surface area contributed by atoms with Crippen molar-refractivity contribution in [3.8, 4) is 0 Å². The first-order valence-corrected chi connectivity index (χ1v) is 4.96. The summed E-state index contributed by atoms with van der Waals surface area (Å²) in [6, 6.07) is 4.31. The number of rotatable bonds is 3. The van der Waals surface area contributed by atoms with Gasteiger partial charge in [0.2, 0.25) is 0 Å². The van der Waals surface area contributed by atoms with E-state index in [1.807, 2.05) is 12.1 Å². The first-order valence-electron chi connectivity index (χ1n) is 4.96. The molecule has 3 heteroatoms. The molecule has 1 aromatic rings. The van der Waals surface area contributed by atoms with E-state index in [0.29, 0.717) is 17.6 Å². The summed E-state index contributed by atoms with van der Waals surface area (Å²) in [7, 11) is 2.06. The minimum Gasteiger partial charge on any atom is -0.397 e. The van der Waals surface area contributed by atoms with Gasteiger partial charge in [0.25, 0.3) is 0 Å². The summed E-state index contributed by atoms with van der Waals surface area (Å²) in [5.74, 6) is 1.58. The summed E-state index contributed by atoms with van der Waals surface area (Å²) in [5.41, 5.74) is 6.29. The standard InChI is InChI=1S/C11H19N3/c1-8(2)9(3)14(4)11-6-5-10(12)7-13-11/h5-9H,12H2,1-4H3. The van der Waals surface area contributed by atoms with Crippen LogP contribution in [0.1, 0.15) is 20.8 Å². The van der Waals surface area contributed by atoms with Gasteiger partial charge in [0.15, 0.2) is 0 Å². The maximum absolute atomic E-state index is 5.58. The molecular weight excluding hydrogens is 174 g/mol. The van der Waals surface area contributed by atoms with E-state index >= 15 is 0 Å². The van der Waals surface area contributed by atoms with E-state index in [-0.39, 0.29) is 0 Å². The highest BCUT2D eigenvalue weighted by atomic mass is 15.2. The van der Waals surface area contributed by atoms with Gasteiger partial charge in [-0.3, -0.25) is 0 Å². The molecule has 0 aromatic carbocycles. The van der Waals surface area contributed by atoms with Crippen LogP contribution >= 0.6 is 0 Å². The monoisotopic (exact) mass is 193 g/mol. The quantitative estimate of drug-likeness (QED) is 0.799. The molecule has 0 saturated carbocycles. The van der Waals surface area contributed by atoms with Gasteiger partial charge < -0.3 is 10.6 Å². The smallest absolute Gasteiger partial charge is 0.128 e. The summed E-state index contributed by atoms with van der Waals surface area (Å²) in [6.45, 7) is 6.61. The first kappa shape index (κ1) is 10.8. The summed E-state index contributed by atoms with van der Waals surface area (Å²) in [6.07, 6.45) is 1.69. The maximum atomic E-state index is 5.58. The Morgan fingerprint density at radius 1 is 1.29 bits per heavy atom. The highest BCUT2D eigenvalue weighted by molar-refractivity contribution is 5.45. The van der Waals surface area contributed by atoms with Crippen LogP contribution in [0.3, 0.4) is 0 Å². The van der Waals surface area contributed by atoms with Crippen molar-refractivity contribution in [3.05, 3.63) is 18.3 Å². The molecule has 0 aliphatic carbocycles. The Morgan fingerprint density at radius 3 is 2.36 bits per heavy atom. The van der Waals surface area contributed by atoms with Crippen LogP contribution in [0.25, 0.3) is 0 Å². The average Bonchev–Trinajstić information content (AvgIpc) is 2.16. The lowest BCUT2D eigenvalue weighted by atomic mass is 10.1. The van der Waals surface area contributed by atoms with Gasteiger partial charge in [0.05, 0.1) is 11.9 Å². The van der Waals surface area contributed by atoms with Crippen LogP contribution in [0.15, 0.2) is 18.3 Å².